The highest BCUT2D eigenvalue weighted by atomic mass is 16.6. The van der Waals surface area contributed by atoms with Crippen molar-refractivity contribution in [3.63, 3.8) is 0 Å². The van der Waals surface area contributed by atoms with Crippen LogP contribution < -0.4 is 0 Å². The highest BCUT2D eigenvalue weighted by molar-refractivity contribution is 5.77. The van der Waals surface area contributed by atoms with E-state index in [9.17, 15) is 20.2 Å². The summed E-state index contributed by atoms with van der Waals surface area (Å²) in [6, 6.07) is 7.92. The topological polar surface area (TPSA) is 87.2 Å². The van der Waals surface area contributed by atoms with Gasteiger partial charge in [-0.2, -0.15) is 5.26 Å². The lowest BCUT2D eigenvalue weighted by Gasteiger charge is -2.17. The molecular weight excluding hydrogens is 258 g/mol. The molecule has 1 heterocycles. The summed E-state index contributed by atoms with van der Waals surface area (Å²) in [5.41, 5.74) is 0.627. The van der Waals surface area contributed by atoms with Crippen LogP contribution in [0.5, 0.6) is 0 Å². The van der Waals surface area contributed by atoms with E-state index in [1.54, 1.807) is 17.0 Å². The van der Waals surface area contributed by atoms with Gasteiger partial charge in [-0.15, -0.1) is 0 Å². The Morgan fingerprint density at radius 2 is 1.95 bits per heavy atom. The first-order chi connectivity index (χ1) is 9.61. The molecule has 0 aliphatic carbocycles. The van der Waals surface area contributed by atoms with E-state index in [0.717, 1.165) is 25.9 Å². The van der Waals surface area contributed by atoms with Gasteiger partial charge in [0.15, 0.2) is 0 Å². The van der Waals surface area contributed by atoms with Crippen LogP contribution in [0.3, 0.4) is 0 Å². The van der Waals surface area contributed by atoms with Gasteiger partial charge in [-0.25, -0.2) is 0 Å². The summed E-state index contributed by atoms with van der Waals surface area (Å²) in [5.74, 6) is -0.573. The first-order valence-electron chi connectivity index (χ1n) is 6.53. The van der Waals surface area contributed by atoms with Crippen molar-refractivity contribution < 1.29 is 9.72 Å². The number of hydrogen-bond donors (Lipinski definition) is 0. The van der Waals surface area contributed by atoms with Gasteiger partial charge in [0.05, 0.1) is 16.9 Å². The van der Waals surface area contributed by atoms with Gasteiger partial charge in [0.25, 0.3) is 5.69 Å². The maximum Gasteiger partial charge on any atom is 0.269 e. The Balaban J connectivity index is 2.06. The van der Waals surface area contributed by atoms with Gasteiger partial charge in [-0.1, -0.05) is 12.1 Å². The Morgan fingerprint density at radius 3 is 2.45 bits per heavy atom. The summed E-state index contributed by atoms with van der Waals surface area (Å²) >= 11 is 0. The van der Waals surface area contributed by atoms with Crippen LogP contribution in [-0.2, 0) is 4.79 Å². The third-order valence-electron chi connectivity index (χ3n) is 3.50. The number of rotatable bonds is 4. The van der Waals surface area contributed by atoms with Gasteiger partial charge in [-0.3, -0.25) is 14.9 Å². The Morgan fingerprint density at radius 1 is 1.35 bits per heavy atom. The van der Waals surface area contributed by atoms with E-state index in [0.29, 0.717) is 5.56 Å². The summed E-state index contributed by atoms with van der Waals surface area (Å²) in [6.45, 7) is 1.52. The fourth-order valence-corrected chi connectivity index (χ4v) is 2.34. The molecule has 0 N–H and O–H groups in total. The molecule has 0 radical (unpaired) electrons. The van der Waals surface area contributed by atoms with Crippen molar-refractivity contribution in [3.05, 3.63) is 39.9 Å². The van der Waals surface area contributed by atoms with Crippen LogP contribution in [0.25, 0.3) is 0 Å². The van der Waals surface area contributed by atoms with E-state index >= 15 is 0 Å². The Kier molecular flexibility index (Phi) is 4.31. The molecule has 1 atom stereocenters. The molecule has 20 heavy (non-hydrogen) atoms. The van der Waals surface area contributed by atoms with Gasteiger partial charge in [0.1, 0.15) is 0 Å². The highest BCUT2D eigenvalue weighted by Gasteiger charge is 2.23. The van der Waals surface area contributed by atoms with Crippen LogP contribution in [0.2, 0.25) is 0 Å². The van der Waals surface area contributed by atoms with E-state index in [2.05, 4.69) is 6.07 Å². The summed E-state index contributed by atoms with van der Waals surface area (Å²) in [5, 5.41) is 19.8. The number of nitro groups is 1. The lowest BCUT2D eigenvalue weighted by atomic mass is 9.96. The number of likely N-dealkylation sites (tertiary alicyclic amines) is 1. The molecule has 1 aliphatic rings. The first kappa shape index (κ1) is 14.0. The van der Waals surface area contributed by atoms with Crippen LogP contribution >= 0.6 is 0 Å². The maximum atomic E-state index is 12.0. The molecule has 1 aromatic rings. The normalized spacial score (nSPS) is 15.7. The monoisotopic (exact) mass is 273 g/mol. The van der Waals surface area contributed by atoms with Crippen molar-refractivity contribution >= 4 is 11.6 Å². The highest BCUT2D eigenvalue weighted by Crippen LogP contribution is 2.23. The van der Waals surface area contributed by atoms with Crippen LogP contribution in [0.15, 0.2) is 24.3 Å². The maximum absolute atomic E-state index is 12.0. The third-order valence-corrected chi connectivity index (χ3v) is 3.50. The second-order valence-electron chi connectivity index (χ2n) is 4.82. The van der Waals surface area contributed by atoms with Crippen molar-refractivity contribution in [2.45, 2.75) is 25.2 Å². The van der Waals surface area contributed by atoms with Crippen molar-refractivity contribution in [2.75, 3.05) is 13.1 Å². The fraction of sp³-hybridized carbons (Fsp3) is 0.429. The summed E-state index contributed by atoms with van der Waals surface area (Å²) in [4.78, 5) is 23.9. The second-order valence-corrected chi connectivity index (χ2v) is 4.82. The lowest BCUT2D eigenvalue weighted by Crippen LogP contribution is -2.28. The predicted octanol–water partition coefficient (Wildman–Crippen LogP) is 2.21. The number of nitrogens with zero attached hydrogens (tertiary/aromatic N) is 3. The molecule has 1 aliphatic heterocycles. The number of amides is 1. The van der Waals surface area contributed by atoms with Crippen molar-refractivity contribution in [1.29, 1.82) is 5.26 Å². The van der Waals surface area contributed by atoms with Crippen molar-refractivity contribution in [2.24, 2.45) is 0 Å². The number of non-ortho nitro benzene ring substituents is 1. The molecule has 1 unspecified atom stereocenters. The van der Waals surface area contributed by atoms with Gasteiger partial charge in [0, 0.05) is 31.6 Å². The lowest BCUT2D eigenvalue weighted by molar-refractivity contribution is -0.384. The molecule has 0 aromatic heterocycles. The molecule has 1 saturated heterocycles. The number of benzene rings is 1. The average Bonchev–Trinajstić information content (AvgIpc) is 2.99. The molecule has 6 nitrogen and oxygen atoms in total. The molecule has 1 amide bonds. The zero-order chi connectivity index (χ0) is 14.5. The largest absolute Gasteiger partial charge is 0.343 e. The van der Waals surface area contributed by atoms with E-state index in [1.807, 2.05) is 0 Å². The van der Waals surface area contributed by atoms with Crippen LogP contribution in [-0.4, -0.2) is 28.8 Å². The van der Waals surface area contributed by atoms with E-state index < -0.39 is 10.8 Å². The Hall–Kier alpha value is -2.42. The zero-order valence-corrected chi connectivity index (χ0v) is 11.0. The number of carbonyl (C=O) groups is 1. The second kappa shape index (κ2) is 6.15. The molecule has 6 heteroatoms. The third kappa shape index (κ3) is 3.12. The van der Waals surface area contributed by atoms with Crippen LogP contribution in [0.1, 0.15) is 30.7 Å². The number of nitro benzene ring substituents is 1. The summed E-state index contributed by atoms with van der Waals surface area (Å²) < 4.78 is 0. The van der Waals surface area contributed by atoms with Gasteiger partial charge in [-0.05, 0) is 18.4 Å². The average molecular weight is 273 g/mol. The van der Waals surface area contributed by atoms with Gasteiger partial charge < -0.3 is 4.90 Å². The predicted molar refractivity (Wildman–Crippen MR) is 71.9 cm³/mol. The fourth-order valence-electron chi connectivity index (χ4n) is 2.34. The molecule has 0 bridgehead atoms. The van der Waals surface area contributed by atoms with Gasteiger partial charge >= 0.3 is 0 Å². The molecule has 1 aromatic carbocycles. The molecular formula is C14H15N3O3. The SMILES string of the molecule is N#CC(CC(=O)N1CCCC1)c1ccc([N+](=O)[O-])cc1. The minimum Gasteiger partial charge on any atom is -0.343 e. The van der Waals surface area contributed by atoms with E-state index in [4.69, 9.17) is 0 Å². The molecule has 2 rings (SSSR count). The zero-order valence-electron chi connectivity index (χ0n) is 11.0. The molecule has 104 valence electrons. The molecule has 0 spiro atoms. The minimum atomic E-state index is -0.552. The summed E-state index contributed by atoms with van der Waals surface area (Å²) in [7, 11) is 0. The Labute approximate surface area is 116 Å². The van der Waals surface area contributed by atoms with Gasteiger partial charge in [0.2, 0.25) is 5.91 Å². The first-order valence-corrected chi connectivity index (χ1v) is 6.53. The van der Waals surface area contributed by atoms with E-state index in [-0.39, 0.29) is 18.0 Å². The summed E-state index contributed by atoms with van der Waals surface area (Å²) in [6.07, 6.45) is 2.16. The smallest absolute Gasteiger partial charge is 0.269 e. The van der Waals surface area contributed by atoms with Crippen molar-refractivity contribution in [1.82, 2.24) is 4.90 Å². The minimum absolute atomic E-state index is 0.0173. The molecule has 1 fully saturated rings. The van der Waals surface area contributed by atoms with E-state index in [1.165, 1.54) is 12.1 Å². The Bertz CT molecular complexity index is 542. The van der Waals surface area contributed by atoms with Crippen LogP contribution in [0.4, 0.5) is 5.69 Å². The number of carbonyl (C=O) groups excluding carboxylic acids is 1. The molecule has 0 saturated carbocycles. The van der Waals surface area contributed by atoms with Crippen LogP contribution in [0, 0.1) is 21.4 Å². The standard InChI is InChI=1S/C14H15N3O3/c15-10-12(9-14(18)16-7-1-2-8-16)11-3-5-13(6-4-11)17(19)20/h3-6,12H,1-2,7-9H2. The quantitative estimate of drug-likeness (QED) is 0.621. The van der Waals surface area contributed by atoms with Crippen molar-refractivity contribution in [3.8, 4) is 6.07 Å². The number of nitriles is 1. The number of hydrogen-bond acceptors (Lipinski definition) is 4.